The zero-order chi connectivity index (χ0) is 32.2. The molecule has 5 atom stereocenters. The maximum atomic E-state index is 6.82. The topological polar surface area (TPSA) is 55.4 Å². The Labute approximate surface area is 278 Å². The van der Waals surface area contributed by atoms with Crippen LogP contribution in [0.1, 0.15) is 47.9 Å². The van der Waals surface area contributed by atoms with Gasteiger partial charge in [0.25, 0.3) is 0 Å². The van der Waals surface area contributed by atoms with Gasteiger partial charge in [0.15, 0.2) is 6.29 Å². The van der Waals surface area contributed by atoms with E-state index in [9.17, 15) is 0 Å². The maximum absolute atomic E-state index is 6.82. The van der Waals surface area contributed by atoms with Crippen LogP contribution in [0.2, 0.25) is 0 Å². The molecule has 0 unspecified atom stereocenters. The standard InChI is InChI=1S/C41H44O6/c1-2-41(25-15-16-26-41)47-40-39(45-30-35-23-13-6-14-24-35)38(44-29-34-21-11-5-12-22-34)37(43-28-33-19-9-4-10-20-33)36(46-40)31-42-27-32-17-7-3-8-18-32/h1,3-14,17-24,36-40H,15-16,25-31H2/t36-,37-,38+,39-,40-/m1/s1. The first-order valence-corrected chi connectivity index (χ1v) is 16.6. The predicted molar refractivity (Wildman–Crippen MR) is 181 cm³/mol. The quantitative estimate of drug-likeness (QED) is 0.126. The van der Waals surface area contributed by atoms with Gasteiger partial charge in [-0.15, -0.1) is 6.42 Å². The van der Waals surface area contributed by atoms with Gasteiger partial charge in [-0.3, -0.25) is 0 Å². The number of hydrogen-bond donors (Lipinski definition) is 0. The summed E-state index contributed by atoms with van der Waals surface area (Å²) in [6.07, 6.45) is 6.67. The average Bonchev–Trinajstić information content (AvgIpc) is 3.60. The SMILES string of the molecule is C#CC1(O[C@H]2O[C@H](COCc3ccccc3)[C@@H](OCc3ccccc3)[C@H](OCc3ccccc3)[C@H]2OCc2ccccc2)CCCC1. The molecule has 0 bridgehead atoms. The highest BCUT2D eigenvalue weighted by Crippen LogP contribution is 2.38. The lowest BCUT2D eigenvalue weighted by atomic mass is 9.96. The second-order valence-electron chi connectivity index (χ2n) is 12.3. The Morgan fingerprint density at radius 2 is 1.00 bits per heavy atom. The first-order chi connectivity index (χ1) is 23.2. The average molecular weight is 633 g/mol. The molecule has 244 valence electrons. The molecule has 0 amide bonds. The van der Waals surface area contributed by atoms with E-state index in [0.29, 0.717) is 26.4 Å². The van der Waals surface area contributed by atoms with Crippen LogP contribution in [-0.4, -0.2) is 42.9 Å². The molecule has 4 aromatic carbocycles. The minimum absolute atomic E-state index is 0.272. The smallest absolute Gasteiger partial charge is 0.188 e. The van der Waals surface area contributed by atoms with Crippen LogP contribution in [0.25, 0.3) is 0 Å². The van der Waals surface area contributed by atoms with Gasteiger partial charge in [0.05, 0.1) is 33.0 Å². The van der Waals surface area contributed by atoms with Crippen molar-refractivity contribution in [2.45, 2.75) is 88.4 Å². The van der Waals surface area contributed by atoms with E-state index in [1.807, 2.05) is 97.1 Å². The fourth-order valence-electron chi connectivity index (χ4n) is 6.31. The van der Waals surface area contributed by atoms with E-state index in [1.54, 1.807) is 0 Å². The van der Waals surface area contributed by atoms with E-state index in [4.69, 9.17) is 34.8 Å². The number of rotatable bonds is 15. The fourth-order valence-corrected chi connectivity index (χ4v) is 6.31. The molecule has 4 aromatic rings. The molecule has 0 spiro atoms. The zero-order valence-electron chi connectivity index (χ0n) is 26.8. The number of hydrogen-bond acceptors (Lipinski definition) is 6. The Kier molecular flexibility index (Phi) is 11.9. The van der Waals surface area contributed by atoms with Crippen LogP contribution in [0.4, 0.5) is 0 Å². The van der Waals surface area contributed by atoms with Gasteiger partial charge in [-0.2, -0.15) is 0 Å². The van der Waals surface area contributed by atoms with Crippen LogP contribution in [0, 0.1) is 12.3 Å². The van der Waals surface area contributed by atoms with Gasteiger partial charge in [-0.05, 0) is 47.9 Å². The first kappa shape index (κ1) is 33.1. The van der Waals surface area contributed by atoms with Crippen molar-refractivity contribution < 1.29 is 28.4 Å². The van der Waals surface area contributed by atoms with Crippen LogP contribution >= 0.6 is 0 Å². The van der Waals surface area contributed by atoms with Gasteiger partial charge < -0.3 is 28.4 Å². The monoisotopic (exact) mass is 632 g/mol. The summed E-state index contributed by atoms with van der Waals surface area (Å²) in [5.41, 5.74) is 3.49. The molecular formula is C41H44O6. The minimum Gasteiger partial charge on any atom is -0.374 e. The second-order valence-corrected chi connectivity index (χ2v) is 12.3. The van der Waals surface area contributed by atoms with Crippen LogP contribution < -0.4 is 0 Å². The lowest BCUT2D eigenvalue weighted by molar-refractivity contribution is -0.342. The third-order valence-corrected chi connectivity index (χ3v) is 8.86. The summed E-state index contributed by atoms with van der Waals surface area (Å²) in [6, 6.07) is 40.5. The Bertz CT molecular complexity index is 1500. The minimum atomic E-state index is -0.796. The molecule has 6 nitrogen and oxygen atoms in total. The first-order valence-electron chi connectivity index (χ1n) is 16.6. The molecule has 1 saturated heterocycles. The maximum Gasteiger partial charge on any atom is 0.188 e. The Hall–Kier alpha value is -3.80. The normalized spacial score (nSPS) is 23.7. The molecule has 1 heterocycles. The summed E-state index contributed by atoms with van der Waals surface area (Å²) in [4.78, 5) is 0. The van der Waals surface area contributed by atoms with Crippen LogP contribution in [0.3, 0.4) is 0 Å². The lowest BCUT2D eigenvalue weighted by Crippen LogP contribution is -2.63. The Morgan fingerprint density at radius 1 is 0.574 bits per heavy atom. The highest BCUT2D eigenvalue weighted by molar-refractivity contribution is 5.17. The van der Waals surface area contributed by atoms with Gasteiger partial charge in [-0.1, -0.05) is 127 Å². The summed E-state index contributed by atoms with van der Waals surface area (Å²) in [7, 11) is 0. The van der Waals surface area contributed by atoms with Crippen molar-refractivity contribution >= 4 is 0 Å². The third-order valence-electron chi connectivity index (χ3n) is 8.86. The molecule has 6 rings (SSSR count). The third kappa shape index (κ3) is 9.18. The van der Waals surface area contributed by atoms with Crippen molar-refractivity contribution in [1.29, 1.82) is 0 Å². The number of benzene rings is 4. The van der Waals surface area contributed by atoms with E-state index >= 15 is 0 Å². The van der Waals surface area contributed by atoms with Gasteiger partial charge in [0, 0.05) is 0 Å². The molecule has 0 N–H and O–H groups in total. The van der Waals surface area contributed by atoms with Gasteiger partial charge >= 0.3 is 0 Å². The summed E-state index contributed by atoms with van der Waals surface area (Å²) in [5, 5.41) is 0. The Balaban J connectivity index is 1.32. The lowest BCUT2D eigenvalue weighted by Gasteiger charge is -2.47. The van der Waals surface area contributed by atoms with E-state index in [2.05, 4.69) is 30.2 Å². The molecular weight excluding hydrogens is 588 g/mol. The molecule has 1 aliphatic carbocycles. The van der Waals surface area contributed by atoms with Crippen molar-refractivity contribution in [2.24, 2.45) is 0 Å². The zero-order valence-corrected chi connectivity index (χ0v) is 26.8. The molecule has 0 aromatic heterocycles. The summed E-state index contributed by atoms with van der Waals surface area (Å²) < 4.78 is 40.2. The molecule has 2 fully saturated rings. The predicted octanol–water partition coefficient (Wildman–Crippen LogP) is 7.65. The van der Waals surface area contributed by atoms with E-state index in [1.165, 1.54) is 0 Å². The largest absolute Gasteiger partial charge is 0.374 e. The summed E-state index contributed by atoms with van der Waals surface area (Å²) in [6.45, 7) is 1.81. The molecule has 1 saturated carbocycles. The van der Waals surface area contributed by atoms with Crippen molar-refractivity contribution in [3.8, 4) is 12.3 Å². The van der Waals surface area contributed by atoms with Crippen molar-refractivity contribution in [3.05, 3.63) is 144 Å². The van der Waals surface area contributed by atoms with E-state index in [-0.39, 0.29) is 6.61 Å². The Morgan fingerprint density at radius 3 is 1.47 bits per heavy atom. The number of terminal acetylenes is 1. The van der Waals surface area contributed by atoms with Crippen molar-refractivity contribution in [2.75, 3.05) is 6.61 Å². The number of ether oxygens (including phenoxy) is 6. The van der Waals surface area contributed by atoms with Crippen LogP contribution in [-0.2, 0) is 54.8 Å². The highest BCUT2D eigenvalue weighted by atomic mass is 16.7. The second kappa shape index (κ2) is 16.9. The van der Waals surface area contributed by atoms with Crippen LogP contribution in [0.15, 0.2) is 121 Å². The van der Waals surface area contributed by atoms with Crippen molar-refractivity contribution in [3.63, 3.8) is 0 Å². The van der Waals surface area contributed by atoms with Crippen LogP contribution in [0.5, 0.6) is 0 Å². The molecule has 47 heavy (non-hydrogen) atoms. The molecule has 6 heteroatoms. The van der Waals surface area contributed by atoms with Gasteiger partial charge in [-0.25, -0.2) is 0 Å². The molecule has 0 radical (unpaired) electrons. The molecule has 2 aliphatic rings. The van der Waals surface area contributed by atoms with Gasteiger partial charge in [0.2, 0.25) is 0 Å². The van der Waals surface area contributed by atoms with Crippen molar-refractivity contribution in [1.82, 2.24) is 0 Å². The van der Waals surface area contributed by atoms with E-state index in [0.717, 1.165) is 47.9 Å². The summed E-state index contributed by atoms with van der Waals surface area (Å²) >= 11 is 0. The molecule has 1 aliphatic heterocycles. The van der Waals surface area contributed by atoms with E-state index < -0.39 is 36.3 Å². The van der Waals surface area contributed by atoms with Gasteiger partial charge in [0.1, 0.15) is 30.0 Å². The highest BCUT2D eigenvalue weighted by Gasteiger charge is 2.51. The summed E-state index contributed by atoms with van der Waals surface area (Å²) in [5.74, 6) is 2.97. The fraction of sp³-hybridized carbons (Fsp3) is 0.366.